The van der Waals surface area contributed by atoms with Crippen molar-refractivity contribution in [2.75, 3.05) is 19.0 Å². The molecule has 148 valence electrons. The molecule has 1 N–H and O–H groups in total. The van der Waals surface area contributed by atoms with Crippen LogP contribution < -0.4 is 5.32 Å². The smallest absolute Gasteiger partial charge is 0.338 e. The van der Waals surface area contributed by atoms with Gasteiger partial charge in [-0.05, 0) is 42.8 Å². The van der Waals surface area contributed by atoms with Crippen LogP contribution in [0, 0.1) is 6.92 Å². The minimum atomic E-state index is -0.601. The molecule has 1 aliphatic heterocycles. The highest BCUT2D eigenvalue weighted by Gasteiger charge is 2.28. The number of likely N-dealkylation sites (N-methyl/N-ethyl adjacent to an activating group) is 1. The van der Waals surface area contributed by atoms with E-state index >= 15 is 0 Å². The number of amides is 2. The lowest BCUT2D eigenvalue weighted by atomic mass is 10.1. The molecule has 0 spiro atoms. The molecule has 8 heteroatoms. The zero-order valence-corrected chi connectivity index (χ0v) is 17.4. The number of carbonyl (C=O) groups is 3. The highest BCUT2D eigenvalue weighted by atomic mass is 32.2. The van der Waals surface area contributed by atoms with Crippen LogP contribution in [0.2, 0.25) is 0 Å². The largest absolute Gasteiger partial charge is 0.452 e. The van der Waals surface area contributed by atoms with Gasteiger partial charge >= 0.3 is 5.97 Å². The van der Waals surface area contributed by atoms with Crippen LogP contribution in [0.15, 0.2) is 53.4 Å². The maximum atomic E-state index is 12.1. The first kappa shape index (κ1) is 20.8. The van der Waals surface area contributed by atoms with Gasteiger partial charge in [-0.25, -0.2) is 4.79 Å². The van der Waals surface area contributed by atoms with Gasteiger partial charge in [0.1, 0.15) is 4.32 Å². The number of carbonyl (C=O) groups excluding carboxylic acids is 3. The Kier molecular flexibility index (Phi) is 6.46. The van der Waals surface area contributed by atoms with E-state index in [4.69, 9.17) is 17.0 Å². The van der Waals surface area contributed by atoms with Gasteiger partial charge in [0.25, 0.3) is 11.8 Å². The number of rotatable bonds is 5. The Morgan fingerprint density at radius 1 is 1.14 bits per heavy atom. The molecule has 0 bridgehead atoms. The highest BCUT2D eigenvalue weighted by Crippen LogP contribution is 2.31. The van der Waals surface area contributed by atoms with Gasteiger partial charge in [-0.15, -0.1) is 0 Å². The lowest BCUT2D eigenvalue weighted by Crippen LogP contribution is -2.22. The van der Waals surface area contributed by atoms with Crippen molar-refractivity contribution in [3.63, 3.8) is 0 Å². The summed E-state index contributed by atoms with van der Waals surface area (Å²) in [6.07, 6.45) is 1.72. The summed E-state index contributed by atoms with van der Waals surface area (Å²) in [5.41, 5.74) is 2.79. The van der Waals surface area contributed by atoms with Gasteiger partial charge in [0.05, 0.1) is 10.5 Å². The first-order valence-corrected chi connectivity index (χ1v) is 9.91. The third kappa shape index (κ3) is 5.30. The van der Waals surface area contributed by atoms with Crippen LogP contribution in [0.1, 0.15) is 21.5 Å². The Morgan fingerprint density at radius 3 is 2.38 bits per heavy atom. The second-order valence-electron chi connectivity index (χ2n) is 6.35. The number of esters is 1. The number of hydrogen-bond donors (Lipinski definition) is 1. The number of benzene rings is 2. The van der Waals surface area contributed by atoms with E-state index in [0.29, 0.717) is 20.5 Å². The Balaban J connectivity index is 1.55. The van der Waals surface area contributed by atoms with Crippen LogP contribution in [0.25, 0.3) is 6.08 Å². The van der Waals surface area contributed by atoms with E-state index in [0.717, 1.165) is 11.1 Å². The molecule has 0 aliphatic carbocycles. The topological polar surface area (TPSA) is 75.7 Å². The number of thiocarbonyl (C=S) groups is 1. The van der Waals surface area contributed by atoms with E-state index in [-0.39, 0.29) is 12.5 Å². The summed E-state index contributed by atoms with van der Waals surface area (Å²) in [6.45, 7) is 1.57. The number of anilines is 1. The average molecular weight is 427 g/mol. The van der Waals surface area contributed by atoms with Gasteiger partial charge in [0.15, 0.2) is 6.61 Å². The van der Waals surface area contributed by atoms with Crippen molar-refractivity contribution in [3.05, 3.63) is 70.1 Å². The van der Waals surface area contributed by atoms with Crippen molar-refractivity contribution in [3.8, 4) is 0 Å². The summed E-state index contributed by atoms with van der Waals surface area (Å²) >= 11 is 6.33. The maximum absolute atomic E-state index is 12.1. The zero-order valence-electron chi connectivity index (χ0n) is 15.8. The summed E-state index contributed by atoms with van der Waals surface area (Å²) in [5, 5.41) is 2.66. The first-order chi connectivity index (χ1) is 13.8. The molecular weight excluding hydrogens is 408 g/mol. The molecule has 29 heavy (non-hydrogen) atoms. The predicted octanol–water partition coefficient (Wildman–Crippen LogP) is 3.62. The number of ether oxygens (including phenoxy) is 1. The zero-order chi connectivity index (χ0) is 21.0. The van der Waals surface area contributed by atoms with Crippen molar-refractivity contribution in [2.45, 2.75) is 6.92 Å². The number of nitrogens with one attached hydrogen (secondary N) is 1. The fraction of sp³-hybridized carbons (Fsp3) is 0.143. The molecule has 3 rings (SSSR count). The SMILES string of the molecule is Cc1ccc(NC(=O)COC(=O)c2ccc(C=C3SC(=S)N(C)C3=O)cc2)cc1. The normalized spacial score (nSPS) is 15.0. The number of thioether (sulfide) groups is 1. The summed E-state index contributed by atoms with van der Waals surface area (Å²) in [7, 11) is 1.63. The quantitative estimate of drug-likeness (QED) is 0.447. The molecule has 0 radical (unpaired) electrons. The van der Waals surface area contributed by atoms with Crippen molar-refractivity contribution >= 4 is 57.8 Å². The third-order valence-corrected chi connectivity index (χ3v) is 5.59. The van der Waals surface area contributed by atoms with Gasteiger partial charge in [-0.1, -0.05) is 53.8 Å². The van der Waals surface area contributed by atoms with E-state index < -0.39 is 11.9 Å². The van der Waals surface area contributed by atoms with E-state index in [1.54, 1.807) is 49.5 Å². The van der Waals surface area contributed by atoms with E-state index in [1.807, 2.05) is 19.1 Å². The molecule has 1 fully saturated rings. The molecule has 2 aromatic rings. The number of nitrogens with zero attached hydrogens (tertiary/aromatic N) is 1. The fourth-order valence-electron chi connectivity index (χ4n) is 2.46. The molecule has 0 unspecified atom stereocenters. The Morgan fingerprint density at radius 2 is 1.79 bits per heavy atom. The van der Waals surface area contributed by atoms with Crippen molar-refractivity contribution in [1.29, 1.82) is 0 Å². The molecular formula is C21H18N2O4S2. The summed E-state index contributed by atoms with van der Waals surface area (Å²) in [5.74, 6) is -1.17. The summed E-state index contributed by atoms with van der Waals surface area (Å²) in [4.78, 5) is 38.0. The van der Waals surface area contributed by atoms with Crippen LogP contribution in [-0.4, -0.2) is 40.7 Å². The monoisotopic (exact) mass is 426 g/mol. The molecule has 1 heterocycles. The Bertz CT molecular complexity index is 998. The van der Waals surface area contributed by atoms with Crippen LogP contribution >= 0.6 is 24.0 Å². The lowest BCUT2D eigenvalue weighted by Gasteiger charge is -2.07. The highest BCUT2D eigenvalue weighted by molar-refractivity contribution is 8.26. The molecule has 2 amide bonds. The summed E-state index contributed by atoms with van der Waals surface area (Å²) in [6, 6.07) is 13.9. The molecule has 1 aliphatic rings. The molecule has 0 saturated carbocycles. The number of aryl methyl sites for hydroxylation is 1. The molecule has 6 nitrogen and oxygen atoms in total. The summed E-state index contributed by atoms with van der Waals surface area (Å²) < 4.78 is 5.56. The van der Waals surface area contributed by atoms with Crippen LogP contribution in [0.4, 0.5) is 5.69 Å². The number of hydrogen-bond acceptors (Lipinski definition) is 6. The average Bonchev–Trinajstić information content (AvgIpc) is 2.95. The van der Waals surface area contributed by atoms with Gasteiger partial charge in [-0.2, -0.15) is 0 Å². The molecule has 0 aromatic heterocycles. The Labute approximate surface area is 177 Å². The fourth-order valence-corrected chi connectivity index (χ4v) is 3.64. The Hall–Kier alpha value is -2.97. The van der Waals surface area contributed by atoms with Crippen molar-refractivity contribution < 1.29 is 19.1 Å². The maximum Gasteiger partial charge on any atom is 0.338 e. The van der Waals surface area contributed by atoms with Crippen molar-refractivity contribution in [1.82, 2.24) is 4.90 Å². The van der Waals surface area contributed by atoms with Gasteiger partial charge < -0.3 is 10.1 Å². The van der Waals surface area contributed by atoms with Gasteiger partial charge in [0, 0.05) is 12.7 Å². The van der Waals surface area contributed by atoms with Crippen LogP contribution in [-0.2, 0) is 14.3 Å². The third-order valence-electron chi connectivity index (χ3n) is 4.10. The van der Waals surface area contributed by atoms with Gasteiger partial charge in [0.2, 0.25) is 0 Å². The molecule has 1 saturated heterocycles. The van der Waals surface area contributed by atoms with Gasteiger partial charge in [-0.3, -0.25) is 14.5 Å². The minimum absolute atomic E-state index is 0.150. The van der Waals surface area contributed by atoms with Crippen molar-refractivity contribution in [2.24, 2.45) is 0 Å². The van der Waals surface area contributed by atoms with E-state index in [1.165, 1.54) is 16.7 Å². The minimum Gasteiger partial charge on any atom is -0.452 e. The molecule has 2 aromatic carbocycles. The van der Waals surface area contributed by atoms with Crippen LogP contribution in [0.3, 0.4) is 0 Å². The standard InChI is InChI=1S/C21H18N2O4S2/c1-13-3-9-16(10-4-13)22-18(24)12-27-20(26)15-7-5-14(6-8-15)11-17-19(25)23(2)21(28)29-17/h3-11H,12H2,1-2H3,(H,22,24). The second kappa shape index (κ2) is 9.02. The second-order valence-corrected chi connectivity index (χ2v) is 8.03. The predicted molar refractivity (Wildman–Crippen MR) is 117 cm³/mol. The van der Waals surface area contributed by atoms with E-state index in [9.17, 15) is 14.4 Å². The van der Waals surface area contributed by atoms with E-state index in [2.05, 4.69) is 5.32 Å². The lowest BCUT2D eigenvalue weighted by molar-refractivity contribution is -0.121. The molecule has 0 atom stereocenters. The van der Waals surface area contributed by atoms with Crippen LogP contribution in [0.5, 0.6) is 0 Å². The first-order valence-electron chi connectivity index (χ1n) is 8.69.